The minimum atomic E-state index is -0.0256. The number of nitrogens with zero attached hydrogens (tertiary/aromatic N) is 2. The van der Waals surface area contributed by atoms with E-state index in [2.05, 4.69) is 42.3 Å². The maximum absolute atomic E-state index is 12.7. The average molecular weight is 388 g/mol. The van der Waals surface area contributed by atoms with E-state index in [1.807, 2.05) is 11.8 Å². The third-order valence-corrected chi connectivity index (χ3v) is 5.95. The molecule has 0 bridgehead atoms. The van der Waals surface area contributed by atoms with Crippen LogP contribution in [-0.2, 0) is 14.3 Å². The lowest BCUT2D eigenvalue weighted by Gasteiger charge is -2.36. The first kappa shape index (κ1) is 20.8. The zero-order valence-corrected chi connectivity index (χ0v) is 17.4. The molecule has 1 N–H and O–H groups in total. The standard InChI is InChI=1S/C22H33N3O3/c1-16-6-7-19(13-17(16)2)18(3)23-21(26)15-24-8-4-5-20(14-24)22(27)25-9-11-28-12-10-25/h6-7,13,18,20H,4-5,8-12,14-15H2,1-3H3,(H,23,26). The molecule has 2 saturated heterocycles. The van der Waals surface area contributed by atoms with Crippen molar-refractivity contribution in [2.24, 2.45) is 5.92 Å². The second-order valence-electron chi connectivity index (χ2n) is 8.14. The van der Waals surface area contributed by atoms with E-state index in [-0.39, 0.29) is 23.8 Å². The molecule has 2 fully saturated rings. The van der Waals surface area contributed by atoms with Gasteiger partial charge in [0.2, 0.25) is 11.8 Å². The van der Waals surface area contributed by atoms with E-state index >= 15 is 0 Å². The first-order chi connectivity index (χ1) is 13.4. The van der Waals surface area contributed by atoms with Gasteiger partial charge in [0.25, 0.3) is 0 Å². The molecule has 3 rings (SSSR count). The van der Waals surface area contributed by atoms with Gasteiger partial charge in [0.1, 0.15) is 0 Å². The van der Waals surface area contributed by atoms with Gasteiger partial charge in [-0.05, 0) is 56.8 Å². The van der Waals surface area contributed by atoms with Crippen LogP contribution in [0.2, 0.25) is 0 Å². The molecule has 2 unspecified atom stereocenters. The van der Waals surface area contributed by atoms with E-state index in [1.165, 1.54) is 11.1 Å². The molecule has 2 aliphatic rings. The zero-order valence-electron chi connectivity index (χ0n) is 17.4. The zero-order chi connectivity index (χ0) is 20.1. The van der Waals surface area contributed by atoms with Crippen molar-refractivity contribution in [2.45, 2.75) is 39.7 Å². The van der Waals surface area contributed by atoms with Gasteiger partial charge in [0, 0.05) is 19.6 Å². The average Bonchev–Trinajstić information content (AvgIpc) is 2.70. The SMILES string of the molecule is Cc1ccc(C(C)NC(=O)CN2CCCC(C(=O)N3CCOCC3)C2)cc1C. The van der Waals surface area contributed by atoms with Crippen LogP contribution in [0.4, 0.5) is 0 Å². The number of ether oxygens (including phenoxy) is 1. The third kappa shape index (κ3) is 5.32. The molecule has 0 saturated carbocycles. The summed E-state index contributed by atoms with van der Waals surface area (Å²) in [5.41, 5.74) is 3.61. The monoisotopic (exact) mass is 387 g/mol. The molecule has 2 heterocycles. The van der Waals surface area contributed by atoms with Crippen LogP contribution in [0.15, 0.2) is 18.2 Å². The smallest absolute Gasteiger partial charge is 0.234 e. The minimum Gasteiger partial charge on any atom is -0.378 e. The summed E-state index contributed by atoms with van der Waals surface area (Å²) in [5, 5.41) is 3.11. The second-order valence-corrected chi connectivity index (χ2v) is 8.14. The molecule has 0 radical (unpaired) electrons. The van der Waals surface area contributed by atoms with Gasteiger partial charge >= 0.3 is 0 Å². The van der Waals surface area contributed by atoms with Crippen LogP contribution in [-0.4, -0.2) is 67.6 Å². The summed E-state index contributed by atoms with van der Waals surface area (Å²) in [6.07, 6.45) is 1.87. The Bertz CT molecular complexity index is 700. The van der Waals surface area contributed by atoms with Gasteiger partial charge in [-0.2, -0.15) is 0 Å². The molecule has 6 heteroatoms. The van der Waals surface area contributed by atoms with Crippen LogP contribution in [0, 0.1) is 19.8 Å². The molecule has 6 nitrogen and oxygen atoms in total. The summed E-state index contributed by atoms with van der Waals surface area (Å²) in [5.74, 6) is 0.235. The molecule has 154 valence electrons. The van der Waals surface area contributed by atoms with E-state index in [0.717, 1.165) is 24.9 Å². The van der Waals surface area contributed by atoms with Crippen molar-refractivity contribution in [1.82, 2.24) is 15.1 Å². The highest BCUT2D eigenvalue weighted by molar-refractivity contribution is 5.80. The number of rotatable bonds is 5. The number of amides is 2. The highest BCUT2D eigenvalue weighted by Crippen LogP contribution is 2.20. The molecular formula is C22H33N3O3. The molecule has 2 atom stereocenters. The van der Waals surface area contributed by atoms with Gasteiger partial charge in [0.15, 0.2) is 0 Å². The Labute approximate surface area is 168 Å². The Balaban J connectivity index is 1.50. The normalized spacial score (nSPS) is 22.0. The summed E-state index contributed by atoms with van der Waals surface area (Å²) in [6.45, 7) is 10.7. The fourth-order valence-corrected chi connectivity index (χ4v) is 4.05. The number of aryl methyl sites for hydroxylation is 2. The second kappa shape index (κ2) is 9.52. The van der Waals surface area contributed by atoms with Gasteiger partial charge < -0.3 is 15.0 Å². The van der Waals surface area contributed by atoms with Crippen molar-refractivity contribution in [3.05, 3.63) is 34.9 Å². The molecule has 2 amide bonds. The maximum atomic E-state index is 12.7. The lowest BCUT2D eigenvalue weighted by Crippen LogP contribution is -2.50. The molecule has 1 aromatic carbocycles. The van der Waals surface area contributed by atoms with Gasteiger partial charge in [-0.3, -0.25) is 14.5 Å². The van der Waals surface area contributed by atoms with E-state index in [0.29, 0.717) is 39.4 Å². The summed E-state index contributed by atoms with van der Waals surface area (Å²) < 4.78 is 5.34. The van der Waals surface area contributed by atoms with Crippen molar-refractivity contribution in [3.63, 3.8) is 0 Å². The highest BCUT2D eigenvalue weighted by Gasteiger charge is 2.30. The Hall–Kier alpha value is -1.92. The molecular weight excluding hydrogens is 354 g/mol. The minimum absolute atomic E-state index is 0.00294. The number of morpholine rings is 1. The quantitative estimate of drug-likeness (QED) is 0.840. The molecule has 2 aliphatic heterocycles. The highest BCUT2D eigenvalue weighted by atomic mass is 16.5. The number of hydrogen-bond acceptors (Lipinski definition) is 4. The number of hydrogen-bond donors (Lipinski definition) is 1. The van der Waals surface area contributed by atoms with E-state index < -0.39 is 0 Å². The van der Waals surface area contributed by atoms with Crippen LogP contribution < -0.4 is 5.32 Å². The van der Waals surface area contributed by atoms with Crippen LogP contribution in [0.1, 0.15) is 42.5 Å². The van der Waals surface area contributed by atoms with E-state index in [9.17, 15) is 9.59 Å². The first-order valence-electron chi connectivity index (χ1n) is 10.4. The number of carbonyl (C=O) groups excluding carboxylic acids is 2. The number of piperidine rings is 1. The summed E-state index contributed by atoms with van der Waals surface area (Å²) in [6, 6.07) is 6.28. The van der Waals surface area contributed by atoms with Crippen molar-refractivity contribution in [3.8, 4) is 0 Å². The van der Waals surface area contributed by atoms with Crippen LogP contribution in [0.3, 0.4) is 0 Å². The van der Waals surface area contributed by atoms with Gasteiger partial charge in [0.05, 0.1) is 31.7 Å². The van der Waals surface area contributed by atoms with E-state index in [1.54, 1.807) is 0 Å². The fourth-order valence-electron chi connectivity index (χ4n) is 4.05. The Kier molecular flexibility index (Phi) is 7.08. The van der Waals surface area contributed by atoms with Crippen LogP contribution >= 0.6 is 0 Å². The Morgan fingerprint density at radius 1 is 1.18 bits per heavy atom. The Morgan fingerprint density at radius 2 is 1.93 bits per heavy atom. The molecule has 28 heavy (non-hydrogen) atoms. The van der Waals surface area contributed by atoms with Crippen LogP contribution in [0.5, 0.6) is 0 Å². The first-order valence-corrected chi connectivity index (χ1v) is 10.4. The van der Waals surface area contributed by atoms with Crippen molar-refractivity contribution in [2.75, 3.05) is 45.9 Å². The van der Waals surface area contributed by atoms with Gasteiger partial charge in [-0.25, -0.2) is 0 Å². The maximum Gasteiger partial charge on any atom is 0.234 e. The lowest BCUT2D eigenvalue weighted by molar-refractivity contribution is -0.142. The van der Waals surface area contributed by atoms with Crippen molar-refractivity contribution >= 4 is 11.8 Å². The third-order valence-electron chi connectivity index (χ3n) is 5.95. The molecule has 0 spiro atoms. The fraction of sp³-hybridized carbons (Fsp3) is 0.636. The van der Waals surface area contributed by atoms with Gasteiger partial charge in [-0.1, -0.05) is 18.2 Å². The largest absolute Gasteiger partial charge is 0.378 e. The number of likely N-dealkylation sites (tertiary alicyclic amines) is 1. The summed E-state index contributed by atoms with van der Waals surface area (Å²) >= 11 is 0. The van der Waals surface area contributed by atoms with Crippen molar-refractivity contribution < 1.29 is 14.3 Å². The van der Waals surface area contributed by atoms with Gasteiger partial charge in [-0.15, -0.1) is 0 Å². The lowest BCUT2D eigenvalue weighted by atomic mass is 9.96. The Morgan fingerprint density at radius 3 is 2.64 bits per heavy atom. The molecule has 1 aromatic rings. The van der Waals surface area contributed by atoms with E-state index in [4.69, 9.17) is 4.74 Å². The topological polar surface area (TPSA) is 61.9 Å². The number of nitrogens with one attached hydrogen (secondary N) is 1. The summed E-state index contributed by atoms with van der Waals surface area (Å²) in [7, 11) is 0. The van der Waals surface area contributed by atoms with Crippen LogP contribution in [0.25, 0.3) is 0 Å². The van der Waals surface area contributed by atoms with Crippen molar-refractivity contribution in [1.29, 1.82) is 0 Å². The molecule has 0 aliphatic carbocycles. The number of benzene rings is 1. The number of carbonyl (C=O) groups is 2. The predicted molar refractivity (Wildman–Crippen MR) is 109 cm³/mol. The molecule has 0 aromatic heterocycles. The predicted octanol–water partition coefficient (Wildman–Crippen LogP) is 2.05. The summed E-state index contributed by atoms with van der Waals surface area (Å²) in [4.78, 5) is 29.3.